The van der Waals surface area contributed by atoms with E-state index in [2.05, 4.69) is 31.3 Å². The molecular formula is C17H20FN. The lowest BCUT2D eigenvalue weighted by atomic mass is 10.0. The van der Waals surface area contributed by atoms with Gasteiger partial charge in [-0.05, 0) is 41.8 Å². The summed E-state index contributed by atoms with van der Waals surface area (Å²) in [6.45, 7) is 5.87. The van der Waals surface area contributed by atoms with Crippen molar-refractivity contribution in [1.29, 1.82) is 0 Å². The van der Waals surface area contributed by atoms with Gasteiger partial charge in [0.05, 0.1) is 0 Å². The van der Waals surface area contributed by atoms with E-state index in [0.29, 0.717) is 5.56 Å². The van der Waals surface area contributed by atoms with Crippen molar-refractivity contribution < 1.29 is 4.39 Å². The van der Waals surface area contributed by atoms with Crippen LogP contribution in [0.5, 0.6) is 0 Å². The molecule has 0 spiro atoms. The van der Waals surface area contributed by atoms with Crippen LogP contribution in [0.4, 0.5) is 4.39 Å². The van der Waals surface area contributed by atoms with Crippen LogP contribution in [-0.2, 0) is 13.0 Å². The Kier molecular flexibility index (Phi) is 4.69. The molecule has 0 saturated carbocycles. The Hall–Kier alpha value is -1.67. The van der Waals surface area contributed by atoms with E-state index in [1.807, 2.05) is 24.3 Å². The standard InChI is InChI=1S/C17H20FN/c1-3-13-5-8-15(9-6-13)16-11-14(12-19-4-2)7-10-17(16)18/h5-11,19H,3-4,12H2,1-2H3. The zero-order valence-electron chi connectivity index (χ0n) is 11.5. The maximum atomic E-state index is 13.9. The Morgan fingerprint density at radius 2 is 1.63 bits per heavy atom. The Balaban J connectivity index is 2.31. The fourth-order valence-electron chi connectivity index (χ4n) is 2.09. The molecule has 19 heavy (non-hydrogen) atoms. The molecular weight excluding hydrogens is 237 g/mol. The van der Waals surface area contributed by atoms with Crippen molar-refractivity contribution in [2.24, 2.45) is 0 Å². The number of rotatable bonds is 5. The molecule has 2 aromatic rings. The monoisotopic (exact) mass is 257 g/mol. The minimum Gasteiger partial charge on any atom is -0.313 e. The smallest absolute Gasteiger partial charge is 0.131 e. The topological polar surface area (TPSA) is 12.0 Å². The van der Waals surface area contributed by atoms with Gasteiger partial charge in [0.25, 0.3) is 0 Å². The second-order valence-electron chi connectivity index (χ2n) is 4.65. The summed E-state index contributed by atoms with van der Waals surface area (Å²) in [5.74, 6) is -0.163. The molecule has 0 radical (unpaired) electrons. The molecule has 0 amide bonds. The van der Waals surface area contributed by atoms with Gasteiger partial charge >= 0.3 is 0 Å². The van der Waals surface area contributed by atoms with Gasteiger partial charge in [-0.1, -0.05) is 44.2 Å². The van der Waals surface area contributed by atoms with Gasteiger partial charge in [-0.15, -0.1) is 0 Å². The molecule has 0 aliphatic rings. The van der Waals surface area contributed by atoms with Crippen molar-refractivity contribution >= 4 is 0 Å². The number of benzene rings is 2. The SMILES string of the molecule is CCNCc1ccc(F)c(-c2ccc(CC)cc2)c1. The molecule has 2 aromatic carbocycles. The molecule has 0 aliphatic heterocycles. The Bertz CT molecular complexity index is 531. The van der Waals surface area contributed by atoms with Crippen molar-refractivity contribution in [3.05, 3.63) is 59.4 Å². The highest BCUT2D eigenvalue weighted by Crippen LogP contribution is 2.24. The Morgan fingerprint density at radius 3 is 2.26 bits per heavy atom. The molecule has 0 unspecified atom stereocenters. The second kappa shape index (κ2) is 6.48. The number of hydrogen-bond donors (Lipinski definition) is 1. The summed E-state index contributed by atoms with van der Waals surface area (Å²) in [6.07, 6.45) is 1.00. The summed E-state index contributed by atoms with van der Waals surface area (Å²) in [7, 11) is 0. The van der Waals surface area contributed by atoms with Crippen molar-refractivity contribution in [3.8, 4) is 11.1 Å². The van der Waals surface area contributed by atoms with Crippen LogP contribution >= 0.6 is 0 Å². The normalized spacial score (nSPS) is 10.7. The second-order valence-corrected chi connectivity index (χ2v) is 4.65. The van der Waals surface area contributed by atoms with Crippen LogP contribution in [0.3, 0.4) is 0 Å². The summed E-state index contributed by atoms with van der Waals surface area (Å²) < 4.78 is 13.9. The average molecular weight is 257 g/mol. The molecule has 100 valence electrons. The van der Waals surface area contributed by atoms with Crippen molar-refractivity contribution in [1.82, 2.24) is 5.32 Å². The van der Waals surface area contributed by atoms with Gasteiger partial charge in [0.15, 0.2) is 0 Å². The zero-order chi connectivity index (χ0) is 13.7. The number of halogens is 1. The first kappa shape index (κ1) is 13.8. The molecule has 0 bridgehead atoms. The zero-order valence-corrected chi connectivity index (χ0v) is 11.5. The van der Waals surface area contributed by atoms with Crippen molar-refractivity contribution in [2.75, 3.05) is 6.54 Å². The van der Waals surface area contributed by atoms with Gasteiger partial charge in [0, 0.05) is 12.1 Å². The summed E-state index contributed by atoms with van der Waals surface area (Å²) in [4.78, 5) is 0. The van der Waals surface area contributed by atoms with Crippen LogP contribution in [0.1, 0.15) is 25.0 Å². The van der Waals surface area contributed by atoms with Crippen LogP contribution < -0.4 is 5.32 Å². The predicted octanol–water partition coefficient (Wildman–Crippen LogP) is 4.16. The lowest BCUT2D eigenvalue weighted by Crippen LogP contribution is -2.11. The molecule has 2 rings (SSSR count). The molecule has 0 saturated heterocycles. The summed E-state index contributed by atoms with van der Waals surface area (Å²) in [5.41, 5.74) is 4.00. The lowest BCUT2D eigenvalue weighted by Gasteiger charge is -2.08. The number of nitrogens with one attached hydrogen (secondary N) is 1. The highest BCUT2D eigenvalue weighted by atomic mass is 19.1. The third-order valence-electron chi connectivity index (χ3n) is 3.28. The minimum atomic E-state index is -0.163. The fourth-order valence-corrected chi connectivity index (χ4v) is 2.09. The van der Waals surface area contributed by atoms with E-state index in [0.717, 1.165) is 30.6 Å². The van der Waals surface area contributed by atoms with Gasteiger partial charge in [-0.25, -0.2) is 4.39 Å². The largest absolute Gasteiger partial charge is 0.313 e. The molecule has 0 aliphatic carbocycles. The van der Waals surface area contributed by atoms with Gasteiger partial charge in [0.1, 0.15) is 5.82 Å². The van der Waals surface area contributed by atoms with Crippen LogP contribution in [-0.4, -0.2) is 6.54 Å². The Labute approximate surface area is 114 Å². The fraction of sp³-hybridized carbons (Fsp3) is 0.294. The lowest BCUT2D eigenvalue weighted by molar-refractivity contribution is 0.629. The first-order valence-electron chi connectivity index (χ1n) is 6.83. The van der Waals surface area contributed by atoms with Crippen LogP contribution in [0.25, 0.3) is 11.1 Å². The summed E-state index contributed by atoms with van der Waals surface area (Å²) in [5, 5.41) is 3.26. The van der Waals surface area contributed by atoms with E-state index in [-0.39, 0.29) is 5.82 Å². The third-order valence-corrected chi connectivity index (χ3v) is 3.28. The average Bonchev–Trinajstić information content (AvgIpc) is 2.46. The first-order valence-corrected chi connectivity index (χ1v) is 6.83. The quantitative estimate of drug-likeness (QED) is 0.848. The number of aryl methyl sites for hydroxylation is 1. The van der Waals surface area contributed by atoms with Gasteiger partial charge < -0.3 is 5.32 Å². The molecule has 0 aromatic heterocycles. The minimum absolute atomic E-state index is 0.163. The summed E-state index contributed by atoms with van der Waals surface area (Å²) in [6, 6.07) is 13.4. The van der Waals surface area contributed by atoms with Crippen molar-refractivity contribution in [2.45, 2.75) is 26.8 Å². The van der Waals surface area contributed by atoms with E-state index in [9.17, 15) is 4.39 Å². The van der Waals surface area contributed by atoms with E-state index in [4.69, 9.17) is 0 Å². The first-order chi connectivity index (χ1) is 9.24. The maximum absolute atomic E-state index is 13.9. The highest BCUT2D eigenvalue weighted by Gasteiger charge is 2.06. The molecule has 1 N–H and O–H groups in total. The van der Waals surface area contributed by atoms with E-state index in [1.165, 1.54) is 5.56 Å². The molecule has 1 nitrogen and oxygen atoms in total. The van der Waals surface area contributed by atoms with Gasteiger partial charge in [0.2, 0.25) is 0 Å². The van der Waals surface area contributed by atoms with Crippen molar-refractivity contribution in [3.63, 3.8) is 0 Å². The van der Waals surface area contributed by atoms with Gasteiger partial charge in [-0.3, -0.25) is 0 Å². The molecule has 0 fully saturated rings. The van der Waals surface area contributed by atoms with Crippen LogP contribution in [0.2, 0.25) is 0 Å². The van der Waals surface area contributed by atoms with E-state index < -0.39 is 0 Å². The summed E-state index contributed by atoms with van der Waals surface area (Å²) >= 11 is 0. The van der Waals surface area contributed by atoms with Crippen LogP contribution in [0, 0.1) is 5.82 Å². The molecule has 0 heterocycles. The van der Waals surface area contributed by atoms with Gasteiger partial charge in [-0.2, -0.15) is 0 Å². The molecule has 2 heteroatoms. The maximum Gasteiger partial charge on any atom is 0.131 e. The van der Waals surface area contributed by atoms with Crippen LogP contribution in [0.15, 0.2) is 42.5 Å². The number of hydrogen-bond acceptors (Lipinski definition) is 1. The predicted molar refractivity (Wildman–Crippen MR) is 78.6 cm³/mol. The van der Waals surface area contributed by atoms with E-state index >= 15 is 0 Å². The highest BCUT2D eigenvalue weighted by molar-refractivity contribution is 5.65. The Morgan fingerprint density at radius 1 is 0.947 bits per heavy atom. The van der Waals surface area contributed by atoms with E-state index in [1.54, 1.807) is 6.07 Å². The molecule has 0 atom stereocenters. The third kappa shape index (κ3) is 3.42.